The predicted octanol–water partition coefficient (Wildman–Crippen LogP) is 4.66. The summed E-state index contributed by atoms with van der Waals surface area (Å²) >= 11 is 6.40. The minimum absolute atomic E-state index is 0.0580. The summed E-state index contributed by atoms with van der Waals surface area (Å²) in [5, 5.41) is 5.13. The van der Waals surface area contributed by atoms with Gasteiger partial charge in [0.25, 0.3) is 0 Å². The van der Waals surface area contributed by atoms with E-state index in [-0.39, 0.29) is 5.41 Å². The van der Waals surface area contributed by atoms with E-state index in [4.69, 9.17) is 16.6 Å². The molecule has 3 aromatic rings. The van der Waals surface area contributed by atoms with Gasteiger partial charge in [0.05, 0.1) is 11.4 Å². The summed E-state index contributed by atoms with van der Waals surface area (Å²) in [4.78, 5) is 4.82. The number of fused-ring (bicyclic) bond motifs is 1. The summed E-state index contributed by atoms with van der Waals surface area (Å²) in [7, 11) is 0. The minimum atomic E-state index is -0.0580. The van der Waals surface area contributed by atoms with E-state index in [1.54, 1.807) is 4.52 Å². The molecule has 0 atom stereocenters. The molecule has 0 fully saturated rings. The molecule has 0 unspecified atom stereocenters. The molecular weight excluding hydrogens is 282 g/mol. The number of hydrogen-bond donors (Lipinski definition) is 0. The molecular formula is C17H18ClN3. The van der Waals surface area contributed by atoms with Crippen molar-refractivity contribution in [2.45, 2.75) is 33.1 Å². The maximum absolute atomic E-state index is 6.40. The second-order valence-electron chi connectivity index (χ2n) is 6.28. The van der Waals surface area contributed by atoms with E-state index in [2.05, 4.69) is 38.0 Å². The number of benzene rings is 1. The van der Waals surface area contributed by atoms with Crippen molar-refractivity contribution < 1.29 is 0 Å². The summed E-state index contributed by atoms with van der Waals surface area (Å²) in [6.45, 7) is 8.39. The highest BCUT2D eigenvalue weighted by molar-refractivity contribution is 6.29. The monoisotopic (exact) mass is 299 g/mol. The van der Waals surface area contributed by atoms with Crippen molar-refractivity contribution in [3.63, 3.8) is 0 Å². The normalized spacial score (nSPS) is 12.0. The lowest BCUT2D eigenvalue weighted by Crippen LogP contribution is -2.14. The Labute approximate surface area is 129 Å². The van der Waals surface area contributed by atoms with Crippen LogP contribution in [0.15, 0.2) is 36.4 Å². The molecule has 0 saturated carbocycles. The zero-order chi connectivity index (χ0) is 15.2. The van der Waals surface area contributed by atoms with Crippen LogP contribution in [-0.2, 0) is 5.41 Å². The molecule has 108 valence electrons. The molecule has 0 amide bonds. The highest BCUT2D eigenvalue weighted by Gasteiger charge is 2.21. The van der Waals surface area contributed by atoms with Crippen LogP contribution in [0, 0.1) is 6.92 Å². The fourth-order valence-corrected chi connectivity index (χ4v) is 2.64. The number of aryl methyl sites for hydroxylation is 1. The van der Waals surface area contributed by atoms with E-state index in [1.165, 1.54) is 0 Å². The van der Waals surface area contributed by atoms with Crippen LogP contribution in [0.1, 0.15) is 32.2 Å². The van der Waals surface area contributed by atoms with E-state index in [1.807, 2.05) is 31.2 Å². The van der Waals surface area contributed by atoms with Crippen molar-refractivity contribution in [3.8, 4) is 11.1 Å². The molecule has 21 heavy (non-hydrogen) atoms. The summed E-state index contributed by atoms with van der Waals surface area (Å²) in [6.07, 6.45) is 0. The highest BCUT2D eigenvalue weighted by atomic mass is 35.5. The molecule has 2 heterocycles. The van der Waals surface area contributed by atoms with Gasteiger partial charge < -0.3 is 0 Å². The largest absolute Gasteiger partial charge is 0.232 e. The maximum atomic E-state index is 6.40. The Bertz CT molecular complexity index is 798. The van der Waals surface area contributed by atoms with E-state index >= 15 is 0 Å². The Balaban J connectivity index is 2.35. The van der Waals surface area contributed by atoms with Crippen LogP contribution < -0.4 is 0 Å². The Kier molecular flexibility index (Phi) is 3.25. The Morgan fingerprint density at radius 2 is 1.76 bits per heavy atom. The number of nitrogens with zero attached hydrogens (tertiary/aromatic N) is 3. The van der Waals surface area contributed by atoms with Gasteiger partial charge in [0, 0.05) is 11.0 Å². The smallest absolute Gasteiger partial charge is 0.165 e. The standard InChI is InChI=1S/C17H18ClN3/c1-11-15(12-8-6-5-7-9-12)16-19-13(17(2,3)4)10-14(18)21(16)20-11/h5-10H,1-4H3. The fourth-order valence-electron chi connectivity index (χ4n) is 2.41. The van der Waals surface area contributed by atoms with E-state index in [0.29, 0.717) is 5.15 Å². The van der Waals surface area contributed by atoms with Gasteiger partial charge >= 0.3 is 0 Å². The molecule has 0 N–H and O–H groups in total. The number of hydrogen-bond acceptors (Lipinski definition) is 2. The maximum Gasteiger partial charge on any atom is 0.165 e. The first kappa shape index (κ1) is 14.1. The first-order valence-electron chi connectivity index (χ1n) is 7.00. The first-order valence-corrected chi connectivity index (χ1v) is 7.37. The molecule has 1 aromatic carbocycles. The van der Waals surface area contributed by atoms with E-state index < -0.39 is 0 Å². The molecule has 3 rings (SSSR count). The lowest BCUT2D eigenvalue weighted by Gasteiger charge is -2.18. The van der Waals surface area contributed by atoms with Crippen molar-refractivity contribution in [2.75, 3.05) is 0 Å². The van der Waals surface area contributed by atoms with Gasteiger partial charge in [-0.15, -0.1) is 0 Å². The molecule has 2 aromatic heterocycles. The second kappa shape index (κ2) is 4.85. The molecule has 0 aliphatic carbocycles. The SMILES string of the molecule is Cc1nn2c(Cl)cc(C(C)(C)C)nc2c1-c1ccccc1. The van der Waals surface area contributed by atoms with Crippen LogP contribution in [0.3, 0.4) is 0 Å². The summed E-state index contributed by atoms with van der Waals surface area (Å²) < 4.78 is 1.72. The minimum Gasteiger partial charge on any atom is -0.232 e. The van der Waals surface area contributed by atoms with Gasteiger partial charge in [-0.2, -0.15) is 5.10 Å². The van der Waals surface area contributed by atoms with Crippen LogP contribution in [0.5, 0.6) is 0 Å². The highest BCUT2D eigenvalue weighted by Crippen LogP contribution is 2.31. The third-order valence-electron chi connectivity index (χ3n) is 3.55. The van der Waals surface area contributed by atoms with Gasteiger partial charge in [-0.1, -0.05) is 62.7 Å². The Morgan fingerprint density at radius 3 is 2.38 bits per heavy atom. The fraction of sp³-hybridized carbons (Fsp3) is 0.294. The van der Waals surface area contributed by atoms with Crippen LogP contribution >= 0.6 is 11.6 Å². The number of halogens is 1. The van der Waals surface area contributed by atoms with Gasteiger partial charge in [-0.3, -0.25) is 0 Å². The summed E-state index contributed by atoms with van der Waals surface area (Å²) in [5.41, 5.74) is 4.82. The zero-order valence-electron chi connectivity index (χ0n) is 12.7. The second-order valence-corrected chi connectivity index (χ2v) is 6.66. The summed E-state index contributed by atoms with van der Waals surface area (Å²) in [6, 6.07) is 12.1. The predicted molar refractivity (Wildman–Crippen MR) is 86.9 cm³/mol. The lowest BCUT2D eigenvalue weighted by atomic mass is 9.92. The summed E-state index contributed by atoms with van der Waals surface area (Å²) in [5.74, 6) is 0. The van der Waals surface area contributed by atoms with Crippen LogP contribution in [0.4, 0.5) is 0 Å². The Morgan fingerprint density at radius 1 is 1.10 bits per heavy atom. The van der Waals surface area contributed by atoms with E-state index in [0.717, 1.165) is 28.2 Å². The van der Waals surface area contributed by atoms with Gasteiger partial charge in [0.1, 0.15) is 5.15 Å². The Hall–Kier alpha value is -1.87. The third kappa shape index (κ3) is 2.42. The van der Waals surface area contributed by atoms with Crippen molar-refractivity contribution in [1.29, 1.82) is 0 Å². The lowest BCUT2D eigenvalue weighted by molar-refractivity contribution is 0.568. The van der Waals surface area contributed by atoms with Gasteiger partial charge in [0.15, 0.2) is 5.65 Å². The molecule has 0 aliphatic heterocycles. The molecule has 0 bridgehead atoms. The van der Waals surface area contributed by atoms with Crippen LogP contribution in [-0.4, -0.2) is 14.6 Å². The molecule has 0 radical (unpaired) electrons. The van der Waals surface area contributed by atoms with Crippen LogP contribution in [0.2, 0.25) is 5.15 Å². The van der Waals surface area contributed by atoms with Crippen molar-refractivity contribution in [1.82, 2.24) is 14.6 Å². The average molecular weight is 300 g/mol. The average Bonchev–Trinajstić information content (AvgIpc) is 2.75. The van der Waals surface area contributed by atoms with Gasteiger partial charge in [-0.05, 0) is 18.6 Å². The molecule has 4 heteroatoms. The number of rotatable bonds is 1. The quantitative estimate of drug-likeness (QED) is 0.612. The van der Waals surface area contributed by atoms with Crippen molar-refractivity contribution in [3.05, 3.63) is 52.9 Å². The van der Waals surface area contributed by atoms with E-state index in [9.17, 15) is 0 Å². The van der Waals surface area contributed by atoms with Gasteiger partial charge in [-0.25, -0.2) is 9.50 Å². The molecule has 0 saturated heterocycles. The molecule has 0 aliphatic rings. The topological polar surface area (TPSA) is 30.2 Å². The van der Waals surface area contributed by atoms with Crippen molar-refractivity contribution >= 4 is 17.2 Å². The van der Waals surface area contributed by atoms with Crippen LogP contribution in [0.25, 0.3) is 16.8 Å². The van der Waals surface area contributed by atoms with Gasteiger partial charge in [0.2, 0.25) is 0 Å². The molecule has 0 spiro atoms. The zero-order valence-corrected chi connectivity index (χ0v) is 13.4. The first-order chi connectivity index (χ1) is 9.88. The number of aromatic nitrogens is 3. The van der Waals surface area contributed by atoms with Crippen molar-refractivity contribution in [2.24, 2.45) is 0 Å². The molecule has 3 nitrogen and oxygen atoms in total. The third-order valence-corrected chi connectivity index (χ3v) is 3.82.